The second kappa shape index (κ2) is 7.99. The minimum atomic E-state index is -0.146. The van der Waals surface area contributed by atoms with Crippen LogP contribution < -0.4 is 5.32 Å². The van der Waals surface area contributed by atoms with Crippen LogP contribution in [0.2, 0.25) is 0 Å². The van der Waals surface area contributed by atoms with Gasteiger partial charge in [-0.25, -0.2) is 0 Å². The Balaban J connectivity index is 1.74. The monoisotopic (exact) mass is 410 g/mol. The summed E-state index contributed by atoms with van der Waals surface area (Å²) >= 11 is 5.18. The predicted octanol–water partition coefficient (Wildman–Crippen LogP) is 2.90. The number of benzene rings is 1. The topological polar surface area (TPSA) is 57.6 Å². The van der Waals surface area contributed by atoms with Crippen molar-refractivity contribution in [2.24, 2.45) is 0 Å². The fourth-order valence-corrected chi connectivity index (χ4v) is 4.35. The first-order valence-corrected chi connectivity index (χ1v) is 10.6. The fraction of sp³-hybridized carbons (Fsp3) is 0.409. The molecule has 0 saturated carbocycles. The highest BCUT2D eigenvalue weighted by molar-refractivity contribution is 7.80. The Hall–Kier alpha value is -2.67. The summed E-state index contributed by atoms with van der Waals surface area (Å²) in [7, 11) is 1.66. The van der Waals surface area contributed by atoms with Gasteiger partial charge in [-0.15, -0.1) is 0 Å². The van der Waals surface area contributed by atoms with Crippen LogP contribution in [0.5, 0.6) is 0 Å². The third-order valence-corrected chi connectivity index (χ3v) is 6.17. The quantitative estimate of drug-likeness (QED) is 0.622. The summed E-state index contributed by atoms with van der Waals surface area (Å²) in [5, 5.41) is 4.42. The van der Waals surface area contributed by atoms with Gasteiger partial charge in [-0.05, 0) is 49.5 Å². The van der Waals surface area contributed by atoms with Crippen LogP contribution in [0.4, 0.5) is 0 Å². The molecule has 152 valence electrons. The van der Waals surface area contributed by atoms with Crippen LogP contribution in [-0.2, 0) is 22.6 Å². The van der Waals surface area contributed by atoms with Crippen LogP contribution >= 0.6 is 12.2 Å². The first-order valence-electron chi connectivity index (χ1n) is 10.2. The zero-order chi connectivity index (χ0) is 20.5. The third-order valence-electron chi connectivity index (χ3n) is 5.79. The van der Waals surface area contributed by atoms with Gasteiger partial charge in [-0.1, -0.05) is 25.1 Å². The van der Waals surface area contributed by atoms with E-state index in [2.05, 4.69) is 18.3 Å². The molecule has 2 amide bonds. The normalized spacial score (nSPS) is 18.8. The molecule has 1 aromatic heterocycles. The van der Waals surface area contributed by atoms with E-state index in [-0.39, 0.29) is 11.8 Å². The molecule has 0 radical (unpaired) electrons. The Morgan fingerprint density at radius 1 is 1.24 bits per heavy atom. The molecule has 2 fully saturated rings. The van der Waals surface area contributed by atoms with Gasteiger partial charge in [0, 0.05) is 37.3 Å². The molecule has 0 bridgehead atoms. The number of carbonyl (C=O) groups is 2. The third kappa shape index (κ3) is 3.67. The first kappa shape index (κ1) is 19.6. The average molecular weight is 411 g/mol. The SMILES string of the molecule is CCc1cccc2c(C=C3NC(=S)N(C)C3=O)cn(CC(=O)N3CCCCC3)c12. The van der Waals surface area contributed by atoms with Crippen LogP contribution in [0.3, 0.4) is 0 Å². The number of rotatable bonds is 4. The Morgan fingerprint density at radius 2 is 2.00 bits per heavy atom. The molecule has 6 nitrogen and oxygen atoms in total. The molecule has 0 spiro atoms. The number of likely N-dealkylation sites (N-methyl/N-ethyl adjacent to an activating group) is 1. The number of hydrogen-bond acceptors (Lipinski definition) is 3. The van der Waals surface area contributed by atoms with Crippen LogP contribution in [0.15, 0.2) is 30.1 Å². The van der Waals surface area contributed by atoms with E-state index in [9.17, 15) is 9.59 Å². The van der Waals surface area contributed by atoms with Crippen molar-refractivity contribution in [3.63, 3.8) is 0 Å². The Labute approximate surface area is 176 Å². The number of fused-ring (bicyclic) bond motifs is 1. The van der Waals surface area contributed by atoms with Gasteiger partial charge >= 0.3 is 0 Å². The summed E-state index contributed by atoms with van der Waals surface area (Å²) in [6.45, 7) is 4.12. The van der Waals surface area contributed by atoms with Gasteiger partial charge in [0.05, 0.1) is 5.52 Å². The molecule has 2 aliphatic rings. The Morgan fingerprint density at radius 3 is 2.66 bits per heavy atom. The maximum absolute atomic E-state index is 12.9. The number of thiocarbonyl (C=S) groups is 1. The Kier molecular flexibility index (Phi) is 5.41. The van der Waals surface area contributed by atoms with Crippen molar-refractivity contribution in [1.29, 1.82) is 0 Å². The van der Waals surface area contributed by atoms with Crippen molar-refractivity contribution in [2.45, 2.75) is 39.2 Å². The van der Waals surface area contributed by atoms with Crippen LogP contribution in [-0.4, -0.2) is 51.4 Å². The lowest BCUT2D eigenvalue weighted by Gasteiger charge is -2.27. The summed E-state index contributed by atoms with van der Waals surface area (Å²) < 4.78 is 2.04. The van der Waals surface area contributed by atoms with Gasteiger partial charge in [0.1, 0.15) is 12.2 Å². The van der Waals surface area contributed by atoms with E-state index in [4.69, 9.17) is 12.2 Å². The molecule has 29 heavy (non-hydrogen) atoms. The van der Waals surface area contributed by atoms with E-state index in [1.807, 2.05) is 33.9 Å². The number of hydrogen-bond donors (Lipinski definition) is 1. The number of amides is 2. The van der Waals surface area contributed by atoms with E-state index in [0.717, 1.165) is 48.8 Å². The van der Waals surface area contributed by atoms with Crippen molar-refractivity contribution in [2.75, 3.05) is 20.1 Å². The fourth-order valence-electron chi connectivity index (χ4n) is 4.16. The zero-order valence-electron chi connectivity index (χ0n) is 16.9. The molecule has 2 saturated heterocycles. The number of para-hydroxylation sites is 1. The molecule has 4 rings (SSSR count). The molecule has 1 aromatic carbocycles. The summed E-state index contributed by atoms with van der Waals surface area (Å²) in [5.74, 6) is 0.00891. The van der Waals surface area contributed by atoms with Gasteiger partial charge in [-0.2, -0.15) is 0 Å². The van der Waals surface area contributed by atoms with Gasteiger partial charge in [0.2, 0.25) is 5.91 Å². The lowest BCUT2D eigenvalue weighted by Crippen LogP contribution is -2.37. The predicted molar refractivity (Wildman–Crippen MR) is 118 cm³/mol. The van der Waals surface area contributed by atoms with Crippen molar-refractivity contribution in [1.82, 2.24) is 19.7 Å². The molecule has 2 aliphatic heterocycles. The maximum Gasteiger partial charge on any atom is 0.276 e. The number of likely N-dealkylation sites (tertiary alicyclic amines) is 1. The molecular weight excluding hydrogens is 384 g/mol. The first-order chi connectivity index (χ1) is 14.0. The number of aryl methyl sites for hydroxylation is 1. The number of carbonyl (C=O) groups excluding carboxylic acids is 2. The van der Waals surface area contributed by atoms with Gasteiger partial charge in [0.25, 0.3) is 5.91 Å². The molecule has 7 heteroatoms. The van der Waals surface area contributed by atoms with E-state index < -0.39 is 0 Å². The number of piperidine rings is 1. The van der Waals surface area contributed by atoms with Gasteiger partial charge in [0.15, 0.2) is 5.11 Å². The molecule has 0 aliphatic carbocycles. The Bertz CT molecular complexity index is 1020. The highest BCUT2D eigenvalue weighted by Crippen LogP contribution is 2.28. The molecule has 3 heterocycles. The van der Waals surface area contributed by atoms with E-state index in [0.29, 0.717) is 17.4 Å². The summed E-state index contributed by atoms with van der Waals surface area (Å²) in [4.78, 5) is 28.7. The summed E-state index contributed by atoms with van der Waals surface area (Å²) in [6, 6.07) is 6.17. The van der Waals surface area contributed by atoms with Gasteiger partial charge in [-0.3, -0.25) is 14.5 Å². The number of aromatic nitrogens is 1. The average Bonchev–Trinajstić information content (AvgIpc) is 3.21. The summed E-state index contributed by atoms with van der Waals surface area (Å²) in [6.07, 6.45) is 8.05. The van der Waals surface area contributed by atoms with Crippen LogP contribution in [0.25, 0.3) is 17.0 Å². The second-order valence-corrected chi connectivity index (χ2v) is 8.06. The molecule has 0 atom stereocenters. The minimum absolute atomic E-state index is 0.146. The van der Waals surface area contributed by atoms with Gasteiger partial charge < -0.3 is 14.8 Å². The van der Waals surface area contributed by atoms with Crippen LogP contribution in [0, 0.1) is 0 Å². The molecule has 1 N–H and O–H groups in total. The van der Waals surface area contributed by atoms with Crippen molar-refractivity contribution in [3.8, 4) is 0 Å². The largest absolute Gasteiger partial charge is 0.341 e. The molecule has 2 aromatic rings. The van der Waals surface area contributed by atoms with E-state index in [1.165, 1.54) is 16.9 Å². The number of nitrogens with zero attached hydrogens (tertiary/aromatic N) is 3. The maximum atomic E-state index is 12.9. The smallest absolute Gasteiger partial charge is 0.276 e. The van der Waals surface area contributed by atoms with Crippen LogP contribution in [0.1, 0.15) is 37.3 Å². The number of nitrogens with one attached hydrogen (secondary N) is 1. The second-order valence-electron chi connectivity index (χ2n) is 7.67. The highest BCUT2D eigenvalue weighted by Gasteiger charge is 2.27. The van der Waals surface area contributed by atoms with Crippen molar-refractivity contribution in [3.05, 3.63) is 41.2 Å². The van der Waals surface area contributed by atoms with Crippen molar-refractivity contribution < 1.29 is 9.59 Å². The molecular formula is C22H26N4O2S. The standard InChI is InChI=1S/C22H26N4O2S/c1-3-15-8-7-9-17-16(12-18-21(28)24(2)22(29)23-18)13-26(20(15)17)14-19(27)25-10-5-4-6-11-25/h7-9,12-13H,3-6,10-11,14H2,1-2H3,(H,23,29). The lowest BCUT2D eigenvalue weighted by molar-refractivity contribution is -0.132. The van der Waals surface area contributed by atoms with Crippen molar-refractivity contribution >= 4 is 46.1 Å². The lowest BCUT2D eigenvalue weighted by atomic mass is 10.1. The zero-order valence-corrected chi connectivity index (χ0v) is 17.7. The minimum Gasteiger partial charge on any atom is -0.341 e. The van der Waals surface area contributed by atoms with E-state index >= 15 is 0 Å². The summed E-state index contributed by atoms with van der Waals surface area (Å²) in [5.41, 5.74) is 3.63. The highest BCUT2D eigenvalue weighted by atomic mass is 32.1. The molecule has 0 unspecified atom stereocenters. The van der Waals surface area contributed by atoms with E-state index in [1.54, 1.807) is 7.05 Å².